The Morgan fingerprint density at radius 3 is 2.77 bits per heavy atom. The number of carboxylic acid groups (broad SMARTS) is 1. The van der Waals surface area contributed by atoms with Gasteiger partial charge < -0.3 is 29.5 Å². The van der Waals surface area contributed by atoms with Crippen LogP contribution in [-0.2, 0) is 31.8 Å². The van der Waals surface area contributed by atoms with Crippen LogP contribution < -0.4 is 9.64 Å². The molecule has 0 unspecified atom stereocenters. The Morgan fingerprint density at radius 1 is 1.11 bits per heavy atom. The molecule has 3 heterocycles. The van der Waals surface area contributed by atoms with E-state index in [1.165, 1.54) is 11.1 Å². The summed E-state index contributed by atoms with van der Waals surface area (Å²) in [6.07, 6.45) is 7.75. The van der Waals surface area contributed by atoms with E-state index in [1.807, 2.05) is 6.07 Å². The van der Waals surface area contributed by atoms with E-state index in [-0.39, 0.29) is 23.0 Å². The Labute approximate surface area is 264 Å². The molecule has 2 N–H and O–H groups in total. The summed E-state index contributed by atoms with van der Waals surface area (Å²) >= 11 is 6.43. The van der Waals surface area contributed by atoms with Crippen LogP contribution >= 0.6 is 11.6 Å². The Bertz CT molecular complexity index is 1450. The number of amides is 1. The highest BCUT2D eigenvalue weighted by Crippen LogP contribution is 2.48. The number of hydrogen-bond acceptors (Lipinski definition) is 6. The van der Waals surface area contributed by atoms with Gasteiger partial charge >= 0.3 is 5.97 Å². The molecule has 6 atom stereocenters. The highest BCUT2D eigenvalue weighted by molar-refractivity contribution is 6.30. The van der Waals surface area contributed by atoms with Gasteiger partial charge in [0.2, 0.25) is 5.91 Å². The molecular weight excluding hydrogens is 580 g/mol. The summed E-state index contributed by atoms with van der Waals surface area (Å²) in [5, 5.41) is 22.7. The fraction of sp³-hybridized carbons (Fsp3) is 0.600. The summed E-state index contributed by atoms with van der Waals surface area (Å²) < 4.78 is 13.0. The molecule has 2 aromatic rings. The van der Waals surface area contributed by atoms with Gasteiger partial charge in [-0.15, -0.1) is 0 Å². The van der Waals surface area contributed by atoms with E-state index in [9.17, 15) is 19.8 Å². The maximum absolute atomic E-state index is 13.3. The average molecular weight is 623 g/mol. The topological polar surface area (TPSA) is 99.5 Å². The van der Waals surface area contributed by atoms with Crippen LogP contribution in [0.3, 0.4) is 0 Å². The zero-order chi connectivity index (χ0) is 30.6. The number of ether oxygens (including phenoxy) is 2. The Balaban J connectivity index is 1.32. The number of aliphatic carboxylic acids is 1. The van der Waals surface area contributed by atoms with Gasteiger partial charge in [-0.25, -0.2) is 4.79 Å². The predicted molar refractivity (Wildman–Crippen MR) is 167 cm³/mol. The van der Waals surface area contributed by atoms with E-state index in [1.54, 1.807) is 30.1 Å². The van der Waals surface area contributed by atoms with Crippen LogP contribution in [0.1, 0.15) is 68.1 Å². The number of rotatable bonds is 1. The minimum Gasteiger partial charge on any atom is -0.490 e. The summed E-state index contributed by atoms with van der Waals surface area (Å²) in [4.78, 5) is 29.9. The lowest BCUT2D eigenvalue weighted by molar-refractivity contribution is -0.164. The van der Waals surface area contributed by atoms with Crippen molar-refractivity contribution in [1.82, 2.24) is 4.90 Å². The Morgan fingerprint density at radius 2 is 1.98 bits per heavy atom. The van der Waals surface area contributed by atoms with E-state index < -0.39 is 18.0 Å². The van der Waals surface area contributed by atoms with Crippen LogP contribution in [0.4, 0.5) is 5.69 Å². The minimum absolute atomic E-state index is 0.198. The molecule has 3 aliphatic heterocycles. The van der Waals surface area contributed by atoms with Crippen LogP contribution in [0, 0.1) is 17.8 Å². The van der Waals surface area contributed by atoms with Crippen molar-refractivity contribution in [3.05, 3.63) is 58.1 Å². The van der Waals surface area contributed by atoms with Gasteiger partial charge in [-0.3, -0.25) is 4.79 Å². The molecule has 2 aliphatic carbocycles. The molecule has 9 heteroatoms. The largest absolute Gasteiger partial charge is 0.490 e. The third-order valence-corrected chi connectivity index (χ3v) is 11.6. The third-order valence-electron chi connectivity index (χ3n) is 11.4. The smallest absolute Gasteiger partial charge is 0.340 e. The first-order valence-electron chi connectivity index (χ1n) is 16.3. The number of hydrogen-bond donors (Lipinski definition) is 2. The summed E-state index contributed by atoms with van der Waals surface area (Å²) in [6.45, 7) is 3.27. The van der Waals surface area contributed by atoms with Crippen LogP contribution in [0.25, 0.3) is 0 Å². The van der Waals surface area contributed by atoms with Crippen LogP contribution in [0.5, 0.6) is 5.75 Å². The van der Waals surface area contributed by atoms with Gasteiger partial charge in [-0.2, -0.15) is 0 Å². The van der Waals surface area contributed by atoms with Gasteiger partial charge in [0.15, 0.2) is 5.60 Å². The van der Waals surface area contributed by atoms with E-state index in [4.69, 9.17) is 21.1 Å². The fourth-order valence-corrected chi connectivity index (χ4v) is 8.78. The zero-order valence-corrected chi connectivity index (χ0v) is 26.2. The predicted octanol–water partition coefficient (Wildman–Crippen LogP) is 5.16. The number of carbonyl (C=O) groups is 2. The molecule has 1 saturated heterocycles. The summed E-state index contributed by atoms with van der Waals surface area (Å²) in [5.41, 5.74) is 0.895. The van der Waals surface area contributed by atoms with Gasteiger partial charge in [0.05, 0.1) is 24.8 Å². The molecule has 0 aromatic heterocycles. The molecule has 1 spiro atoms. The summed E-state index contributed by atoms with van der Waals surface area (Å²) in [6, 6.07) is 11.4. The molecule has 2 fully saturated rings. The molecule has 44 heavy (non-hydrogen) atoms. The second kappa shape index (κ2) is 11.5. The van der Waals surface area contributed by atoms with Crippen molar-refractivity contribution < 1.29 is 29.3 Å². The highest BCUT2D eigenvalue weighted by Gasteiger charge is 2.47. The maximum Gasteiger partial charge on any atom is 0.340 e. The van der Waals surface area contributed by atoms with Crippen molar-refractivity contribution in [2.24, 2.45) is 17.8 Å². The highest BCUT2D eigenvalue weighted by atomic mass is 35.5. The molecule has 8 nitrogen and oxygen atoms in total. The van der Waals surface area contributed by atoms with Gasteiger partial charge in [0.25, 0.3) is 0 Å². The first-order valence-corrected chi connectivity index (χ1v) is 16.7. The van der Waals surface area contributed by atoms with Gasteiger partial charge in [-0.05, 0) is 110 Å². The average Bonchev–Trinajstić information content (AvgIpc) is 3.14. The van der Waals surface area contributed by atoms with Crippen molar-refractivity contribution in [2.75, 3.05) is 44.8 Å². The van der Waals surface area contributed by atoms with Crippen molar-refractivity contribution in [1.29, 1.82) is 0 Å². The monoisotopic (exact) mass is 622 g/mol. The molecular formula is C35H43ClN2O6. The van der Waals surface area contributed by atoms with Crippen LogP contribution in [0.15, 0.2) is 36.4 Å². The molecule has 2 aromatic carbocycles. The van der Waals surface area contributed by atoms with Gasteiger partial charge in [0.1, 0.15) is 5.75 Å². The summed E-state index contributed by atoms with van der Waals surface area (Å²) in [5.74, 6) is 0.219. The van der Waals surface area contributed by atoms with Crippen molar-refractivity contribution in [2.45, 2.75) is 74.9 Å². The normalized spacial score (nSPS) is 33.8. The number of halogens is 1. The van der Waals surface area contributed by atoms with Gasteiger partial charge in [-0.1, -0.05) is 23.7 Å². The van der Waals surface area contributed by atoms with Gasteiger partial charge in [0, 0.05) is 43.7 Å². The number of benzene rings is 2. The van der Waals surface area contributed by atoms with E-state index >= 15 is 0 Å². The number of anilines is 1. The molecule has 4 bridgehead atoms. The lowest BCUT2D eigenvalue weighted by Crippen LogP contribution is -2.50. The molecule has 1 amide bonds. The first kappa shape index (κ1) is 29.9. The molecule has 236 valence electrons. The Hall–Kier alpha value is -2.81. The fourth-order valence-electron chi connectivity index (χ4n) is 8.58. The van der Waals surface area contributed by atoms with Crippen molar-refractivity contribution in [3.8, 4) is 5.75 Å². The number of nitrogens with zero attached hydrogens (tertiary/aromatic N) is 2. The lowest BCUT2D eigenvalue weighted by Gasteiger charge is -2.48. The number of fused-ring (bicyclic) bond motifs is 7. The molecule has 7 rings (SSSR count). The van der Waals surface area contributed by atoms with E-state index in [2.05, 4.69) is 17.0 Å². The quantitative estimate of drug-likeness (QED) is 0.453. The van der Waals surface area contributed by atoms with E-state index in [0.29, 0.717) is 43.2 Å². The second-order valence-corrected chi connectivity index (χ2v) is 14.5. The maximum atomic E-state index is 13.3. The van der Waals surface area contributed by atoms with E-state index in [0.717, 1.165) is 75.2 Å². The van der Waals surface area contributed by atoms with Crippen LogP contribution in [0.2, 0.25) is 5.02 Å². The molecule has 0 radical (unpaired) electrons. The van der Waals surface area contributed by atoms with Crippen LogP contribution in [-0.4, -0.2) is 73.0 Å². The molecule has 1 saturated carbocycles. The van der Waals surface area contributed by atoms with Crippen molar-refractivity contribution >= 4 is 29.2 Å². The third kappa shape index (κ3) is 5.27. The minimum atomic E-state index is -2.36. The SMILES string of the molecule is CN1CC[C@H]2CCO[C@@H](C2)[C@@H]2CC[C@H]2CN2C[C@@]3(CCCc4cc(Cl)ccc43)COc3ccc(cc32)[C@@](O)(C(=O)O)CC1=O. The first-order chi connectivity index (χ1) is 21.1. The lowest BCUT2D eigenvalue weighted by atomic mass is 9.67. The number of aryl methyl sites for hydroxylation is 1. The summed E-state index contributed by atoms with van der Waals surface area (Å²) in [7, 11) is 1.70. The molecule has 5 aliphatic rings. The zero-order valence-electron chi connectivity index (χ0n) is 25.5. The number of carboxylic acids is 1. The number of aliphatic hydroxyl groups is 1. The second-order valence-electron chi connectivity index (χ2n) is 14.0. The van der Waals surface area contributed by atoms with Crippen molar-refractivity contribution in [3.63, 3.8) is 0 Å². The standard InChI is InChI=1S/C35H43ClN2O6/c1-37-13-10-22-11-14-43-31(15-22)27-7-4-24(27)19-38-20-34(12-2-3-23-16-26(36)6-8-28(23)34)21-44-30-9-5-25(17-29(30)38)35(42,33(40)41)18-32(37)39/h5-6,8-9,16-17,22,24,27,31,42H,2-4,7,10-15,18-21H2,1H3,(H,40,41)/t22-,24-,27+,31-,34-,35+/m0/s1. The Kier molecular flexibility index (Phi) is 7.82. The number of carbonyl (C=O) groups excluding carboxylic acids is 1.